The van der Waals surface area contributed by atoms with Gasteiger partial charge >= 0.3 is 6.03 Å². The number of carbonyl (C=O) groups excluding carboxylic acids is 1. The minimum atomic E-state index is 0.0874. The molecule has 4 rings (SSSR count). The fraction of sp³-hybridized carbons (Fsp3) is 0.826. The van der Waals surface area contributed by atoms with Crippen molar-refractivity contribution in [2.45, 2.75) is 93.8 Å². The van der Waals surface area contributed by atoms with E-state index in [-0.39, 0.29) is 6.03 Å². The molecule has 1 aliphatic heterocycles. The quantitative estimate of drug-likeness (QED) is 0.512. The number of amides is 2. The summed E-state index contributed by atoms with van der Waals surface area (Å²) in [5.41, 5.74) is 0. The van der Waals surface area contributed by atoms with Crippen LogP contribution in [-0.2, 0) is 0 Å². The minimum Gasteiger partial charge on any atom is -0.319 e. The van der Waals surface area contributed by atoms with Gasteiger partial charge in [0, 0.05) is 24.4 Å². The lowest BCUT2D eigenvalue weighted by molar-refractivity contribution is 0.105. The maximum Gasteiger partial charge on any atom is 0.324 e. The third kappa shape index (κ3) is 6.13. The number of thioether (sulfide) groups is 1. The van der Waals surface area contributed by atoms with E-state index in [1.807, 2.05) is 18.0 Å². The van der Waals surface area contributed by atoms with Crippen molar-refractivity contribution in [3.05, 3.63) is 6.20 Å². The van der Waals surface area contributed by atoms with Crippen LogP contribution >= 0.6 is 23.1 Å². The molecule has 2 aliphatic carbocycles. The lowest BCUT2D eigenvalue weighted by Gasteiger charge is -2.42. The van der Waals surface area contributed by atoms with Crippen LogP contribution in [0.15, 0.2) is 10.4 Å². The molecule has 1 aromatic heterocycles. The Balaban J connectivity index is 1.32. The van der Waals surface area contributed by atoms with Gasteiger partial charge in [0.05, 0.1) is 10.4 Å². The second-order valence-electron chi connectivity index (χ2n) is 9.42. The summed E-state index contributed by atoms with van der Waals surface area (Å²) in [5.74, 6) is 1.90. The van der Waals surface area contributed by atoms with Crippen molar-refractivity contribution in [2.75, 3.05) is 30.7 Å². The molecule has 30 heavy (non-hydrogen) atoms. The van der Waals surface area contributed by atoms with Crippen molar-refractivity contribution in [3.63, 3.8) is 0 Å². The summed E-state index contributed by atoms with van der Waals surface area (Å²) in [4.78, 5) is 22.6. The average Bonchev–Trinajstić information content (AvgIpc) is 3.43. The van der Waals surface area contributed by atoms with Gasteiger partial charge in [-0.2, -0.15) is 0 Å². The Morgan fingerprint density at radius 1 is 1.10 bits per heavy atom. The van der Waals surface area contributed by atoms with E-state index in [1.54, 1.807) is 11.3 Å². The maximum atomic E-state index is 13.4. The Hall–Kier alpha value is -0.790. The Morgan fingerprint density at radius 2 is 1.80 bits per heavy atom. The van der Waals surface area contributed by atoms with Crippen molar-refractivity contribution in [1.29, 1.82) is 0 Å². The number of likely N-dealkylation sites (tertiary alicyclic amines) is 1. The molecule has 3 fully saturated rings. The Morgan fingerprint density at radius 3 is 2.53 bits per heavy atom. The lowest BCUT2D eigenvalue weighted by Crippen LogP contribution is -2.51. The fourth-order valence-corrected chi connectivity index (χ4v) is 7.27. The number of hydrogen-bond acceptors (Lipinski definition) is 5. The van der Waals surface area contributed by atoms with Gasteiger partial charge in [-0.1, -0.05) is 37.5 Å². The first kappa shape index (κ1) is 22.4. The largest absolute Gasteiger partial charge is 0.324 e. The van der Waals surface area contributed by atoms with Gasteiger partial charge in [0.25, 0.3) is 0 Å². The SMILES string of the molecule is CC1CCC(N(C(=O)Nc2ncc(SCCN3CCCC3)s2)C2CCCCC2)CC1. The van der Waals surface area contributed by atoms with Crippen molar-refractivity contribution in [2.24, 2.45) is 5.92 Å². The van der Waals surface area contributed by atoms with E-state index in [4.69, 9.17) is 0 Å². The summed E-state index contributed by atoms with van der Waals surface area (Å²) in [5, 5.41) is 3.93. The van der Waals surface area contributed by atoms with Gasteiger partial charge in [0.15, 0.2) is 5.13 Å². The number of urea groups is 1. The van der Waals surface area contributed by atoms with Crippen LogP contribution in [0.2, 0.25) is 0 Å². The molecule has 0 unspecified atom stereocenters. The molecule has 5 nitrogen and oxygen atoms in total. The third-order valence-corrected chi connectivity index (χ3v) is 9.22. The summed E-state index contributed by atoms with van der Waals surface area (Å²) in [6.45, 7) is 6.00. The molecule has 0 radical (unpaired) electrons. The van der Waals surface area contributed by atoms with E-state index < -0.39 is 0 Å². The fourth-order valence-electron chi connectivity index (χ4n) is 5.33. The number of rotatable bonds is 7. The van der Waals surface area contributed by atoms with Gasteiger partial charge < -0.3 is 9.80 Å². The molecule has 1 saturated heterocycles. The number of aromatic nitrogens is 1. The summed E-state index contributed by atoms with van der Waals surface area (Å²) in [6.07, 6.45) is 15.6. The summed E-state index contributed by atoms with van der Waals surface area (Å²) in [7, 11) is 0. The molecule has 0 bridgehead atoms. The zero-order valence-electron chi connectivity index (χ0n) is 18.5. The summed E-state index contributed by atoms with van der Waals surface area (Å²) < 4.78 is 1.21. The van der Waals surface area contributed by atoms with Crippen molar-refractivity contribution < 1.29 is 4.79 Å². The highest BCUT2D eigenvalue weighted by Gasteiger charge is 2.34. The van der Waals surface area contributed by atoms with Crippen molar-refractivity contribution in [1.82, 2.24) is 14.8 Å². The maximum absolute atomic E-state index is 13.4. The molecule has 2 saturated carbocycles. The minimum absolute atomic E-state index is 0.0874. The van der Waals surface area contributed by atoms with E-state index in [2.05, 4.69) is 27.0 Å². The van der Waals surface area contributed by atoms with Gasteiger partial charge in [-0.25, -0.2) is 9.78 Å². The molecule has 7 heteroatoms. The molecular formula is C23H38N4OS2. The first-order valence-electron chi connectivity index (χ1n) is 12.1. The van der Waals surface area contributed by atoms with Gasteiger partial charge in [-0.15, -0.1) is 11.8 Å². The van der Waals surface area contributed by atoms with E-state index in [9.17, 15) is 4.79 Å². The normalized spacial score (nSPS) is 26.0. The van der Waals surface area contributed by atoms with Gasteiger partial charge in [-0.3, -0.25) is 5.32 Å². The standard InChI is InChI=1S/C23H38N4OS2/c1-18-9-11-20(12-10-18)27(19-7-3-2-4-8-19)23(28)25-22-24-17-21(30-22)29-16-15-26-13-5-6-14-26/h17-20H,2-16H2,1H3,(H,24,25,28). The molecule has 1 N–H and O–H groups in total. The van der Waals surface area contributed by atoms with E-state index >= 15 is 0 Å². The zero-order chi connectivity index (χ0) is 20.8. The number of nitrogens with zero attached hydrogens (tertiary/aromatic N) is 3. The lowest BCUT2D eigenvalue weighted by atomic mass is 9.84. The predicted octanol–water partition coefficient (Wildman–Crippen LogP) is 6.08. The van der Waals surface area contributed by atoms with Crippen LogP contribution < -0.4 is 5.32 Å². The van der Waals surface area contributed by atoms with Crippen LogP contribution in [0.1, 0.15) is 77.6 Å². The zero-order valence-corrected chi connectivity index (χ0v) is 20.1. The second kappa shape index (κ2) is 11.2. The van der Waals surface area contributed by atoms with E-state index in [0.717, 1.165) is 49.0 Å². The second-order valence-corrected chi connectivity index (χ2v) is 11.9. The molecule has 1 aromatic rings. The molecule has 0 aromatic carbocycles. The first-order valence-corrected chi connectivity index (χ1v) is 13.9. The monoisotopic (exact) mass is 450 g/mol. The highest BCUT2D eigenvalue weighted by Crippen LogP contribution is 2.34. The highest BCUT2D eigenvalue weighted by atomic mass is 32.2. The van der Waals surface area contributed by atoms with Crippen LogP contribution in [0.25, 0.3) is 0 Å². The number of thiazole rings is 1. The molecule has 0 spiro atoms. The first-order chi connectivity index (χ1) is 14.7. The number of hydrogen-bond donors (Lipinski definition) is 1. The van der Waals surface area contributed by atoms with Crippen LogP contribution in [-0.4, -0.2) is 58.3 Å². The number of nitrogens with one attached hydrogen (secondary N) is 1. The van der Waals surface area contributed by atoms with Gasteiger partial charge in [0.2, 0.25) is 0 Å². The molecule has 0 atom stereocenters. The predicted molar refractivity (Wildman–Crippen MR) is 128 cm³/mol. The summed E-state index contributed by atoms with van der Waals surface area (Å²) >= 11 is 3.50. The third-order valence-electron chi connectivity index (χ3n) is 7.13. The number of carbonyl (C=O) groups is 1. The Labute approximate surface area is 190 Å². The average molecular weight is 451 g/mol. The van der Waals surface area contributed by atoms with Crippen LogP contribution in [0, 0.1) is 5.92 Å². The molecule has 168 valence electrons. The van der Waals surface area contributed by atoms with Gasteiger partial charge in [-0.05, 0) is 70.4 Å². The molecule has 2 heterocycles. The molecule has 2 amide bonds. The Bertz CT molecular complexity index is 662. The van der Waals surface area contributed by atoms with Crippen LogP contribution in [0.4, 0.5) is 9.93 Å². The van der Waals surface area contributed by atoms with E-state index in [1.165, 1.54) is 62.2 Å². The number of anilines is 1. The topological polar surface area (TPSA) is 48.5 Å². The molecule has 3 aliphatic rings. The van der Waals surface area contributed by atoms with Crippen LogP contribution in [0.3, 0.4) is 0 Å². The summed E-state index contributed by atoms with van der Waals surface area (Å²) in [6, 6.07) is 0.898. The van der Waals surface area contributed by atoms with E-state index in [0.29, 0.717) is 12.1 Å². The van der Waals surface area contributed by atoms with Crippen molar-refractivity contribution >= 4 is 34.3 Å². The highest BCUT2D eigenvalue weighted by molar-refractivity contribution is 8.01. The van der Waals surface area contributed by atoms with Crippen molar-refractivity contribution in [3.8, 4) is 0 Å². The van der Waals surface area contributed by atoms with Crippen LogP contribution in [0.5, 0.6) is 0 Å². The smallest absolute Gasteiger partial charge is 0.319 e. The Kier molecular flexibility index (Phi) is 8.35. The van der Waals surface area contributed by atoms with Gasteiger partial charge in [0.1, 0.15) is 0 Å². The molecular weight excluding hydrogens is 412 g/mol.